The SMILES string of the molecule is CCSCCSC(C)CS. The van der Waals surface area contributed by atoms with Crippen LogP contribution in [0.3, 0.4) is 0 Å². The van der Waals surface area contributed by atoms with Crippen LogP contribution in [0, 0.1) is 0 Å². The molecule has 0 saturated carbocycles. The van der Waals surface area contributed by atoms with E-state index in [1.807, 2.05) is 23.5 Å². The van der Waals surface area contributed by atoms with Crippen molar-refractivity contribution in [1.29, 1.82) is 0 Å². The summed E-state index contributed by atoms with van der Waals surface area (Å²) in [6, 6.07) is 0. The Kier molecular flexibility index (Phi) is 9.01. The van der Waals surface area contributed by atoms with E-state index >= 15 is 0 Å². The Balaban J connectivity index is 2.89. The lowest BCUT2D eigenvalue weighted by Gasteiger charge is -2.05. The molecule has 0 aromatic heterocycles. The second kappa shape index (κ2) is 8.15. The molecular formula is C7H16S3. The Morgan fingerprint density at radius 3 is 2.60 bits per heavy atom. The number of thiol groups is 1. The maximum absolute atomic E-state index is 4.21. The van der Waals surface area contributed by atoms with Gasteiger partial charge in [-0.05, 0) is 5.75 Å². The largest absolute Gasteiger partial charge is 0.178 e. The van der Waals surface area contributed by atoms with E-state index in [1.54, 1.807) is 0 Å². The van der Waals surface area contributed by atoms with Gasteiger partial charge in [0.25, 0.3) is 0 Å². The van der Waals surface area contributed by atoms with E-state index in [0.29, 0.717) is 0 Å². The Morgan fingerprint density at radius 2 is 2.10 bits per heavy atom. The third kappa shape index (κ3) is 7.16. The first-order valence-corrected chi connectivity index (χ1v) is 6.45. The predicted octanol–water partition coefficient (Wildman–Crippen LogP) is 2.79. The van der Waals surface area contributed by atoms with E-state index in [9.17, 15) is 0 Å². The highest BCUT2D eigenvalue weighted by Gasteiger charge is 1.97. The summed E-state index contributed by atoms with van der Waals surface area (Å²) in [4.78, 5) is 0. The highest BCUT2D eigenvalue weighted by atomic mass is 32.2. The van der Waals surface area contributed by atoms with E-state index in [0.717, 1.165) is 11.0 Å². The minimum atomic E-state index is 0.723. The van der Waals surface area contributed by atoms with Crippen molar-refractivity contribution in [1.82, 2.24) is 0 Å². The number of thioether (sulfide) groups is 2. The molecule has 0 fully saturated rings. The van der Waals surface area contributed by atoms with E-state index in [4.69, 9.17) is 0 Å². The van der Waals surface area contributed by atoms with Crippen molar-refractivity contribution >= 4 is 36.2 Å². The third-order valence-electron chi connectivity index (χ3n) is 1.09. The number of rotatable bonds is 6. The Labute approximate surface area is 78.3 Å². The molecule has 0 aromatic carbocycles. The van der Waals surface area contributed by atoms with Gasteiger partial charge in [-0.2, -0.15) is 36.2 Å². The first-order valence-electron chi connectivity index (χ1n) is 3.61. The monoisotopic (exact) mass is 196 g/mol. The van der Waals surface area contributed by atoms with Crippen LogP contribution in [0.25, 0.3) is 0 Å². The molecule has 0 radical (unpaired) electrons. The summed E-state index contributed by atoms with van der Waals surface area (Å²) in [5, 5.41) is 0.723. The Morgan fingerprint density at radius 1 is 1.40 bits per heavy atom. The van der Waals surface area contributed by atoms with E-state index in [1.165, 1.54) is 17.3 Å². The molecule has 0 N–H and O–H groups in total. The van der Waals surface area contributed by atoms with Crippen LogP contribution < -0.4 is 0 Å². The molecule has 0 aromatic rings. The Hall–Kier alpha value is 1.05. The highest BCUT2D eigenvalue weighted by Crippen LogP contribution is 2.13. The van der Waals surface area contributed by atoms with Gasteiger partial charge in [0, 0.05) is 22.5 Å². The van der Waals surface area contributed by atoms with E-state index in [2.05, 4.69) is 26.5 Å². The lowest BCUT2D eigenvalue weighted by molar-refractivity contribution is 1.13. The van der Waals surface area contributed by atoms with Gasteiger partial charge in [0.2, 0.25) is 0 Å². The van der Waals surface area contributed by atoms with Crippen LogP contribution in [-0.2, 0) is 0 Å². The average Bonchev–Trinajstić information content (AvgIpc) is 1.98. The molecule has 0 saturated heterocycles. The molecular weight excluding hydrogens is 180 g/mol. The summed E-state index contributed by atoms with van der Waals surface area (Å²) in [5.74, 6) is 4.82. The minimum absolute atomic E-state index is 0.723. The summed E-state index contributed by atoms with van der Waals surface area (Å²) in [6.45, 7) is 4.44. The topological polar surface area (TPSA) is 0 Å². The quantitative estimate of drug-likeness (QED) is 0.512. The van der Waals surface area contributed by atoms with Crippen LogP contribution in [0.2, 0.25) is 0 Å². The molecule has 0 nitrogen and oxygen atoms in total. The van der Waals surface area contributed by atoms with Gasteiger partial charge in [-0.15, -0.1) is 0 Å². The summed E-state index contributed by atoms with van der Waals surface area (Å²) in [6.07, 6.45) is 0. The molecule has 3 heteroatoms. The molecule has 62 valence electrons. The van der Waals surface area contributed by atoms with Crippen LogP contribution in [0.4, 0.5) is 0 Å². The Bertz CT molecular complexity index is 65.9. The van der Waals surface area contributed by atoms with Crippen molar-refractivity contribution in [2.24, 2.45) is 0 Å². The van der Waals surface area contributed by atoms with Gasteiger partial charge >= 0.3 is 0 Å². The average molecular weight is 196 g/mol. The molecule has 1 unspecified atom stereocenters. The van der Waals surface area contributed by atoms with Crippen LogP contribution in [0.1, 0.15) is 13.8 Å². The van der Waals surface area contributed by atoms with Crippen molar-refractivity contribution < 1.29 is 0 Å². The zero-order valence-corrected chi connectivity index (χ0v) is 9.20. The smallest absolute Gasteiger partial charge is 0.0107 e. The van der Waals surface area contributed by atoms with Gasteiger partial charge in [0.05, 0.1) is 0 Å². The summed E-state index contributed by atoms with van der Waals surface area (Å²) in [7, 11) is 0. The fourth-order valence-electron chi connectivity index (χ4n) is 0.505. The van der Waals surface area contributed by atoms with Gasteiger partial charge < -0.3 is 0 Å². The molecule has 0 aliphatic heterocycles. The zero-order chi connectivity index (χ0) is 7.82. The van der Waals surface area contributed by atoms with Gasteiger partial charge in [0.1, 0.15) is 0 Å². The first-order chi connectivity index (χ1) is 4.81. The van der Waals surface area contributed by atoms with Crippen LogP contribution in [0.5, 0.6) is 0 Å². The fraction of sp³-hybridized carbons (Fsp3) is 1.00. The van der Waals surface area contributed by atoms with Crippen LogP contribution >= 0.6 is 36.2 Å². The van der Waals surface area contributed by atoms with E-state index < -0.39 is 0 Å². The zero-order valence-electron chi connectivity index (χ0n) is 6.67. The lowest BCUT2D eigenvalue weighted by atomic mass is 10.6. The molecule has 0 amide bonds. The second-order valence-corrected chi connectivity index (χ2v) is 5.37. The molecule has 0 heterocycles. The number of hydrogen-bond donors (Lipinski definition) is 1. The number of hydrogen-bond acceptors (Lipinski definition) is 3. The molecule has 0 aliphatic carbocycles. The van der Waals surface area contributed by atoms with Crippen LogP contribution in [0.15, 0.2) is 0 Å². The maximum atomic E-state index is 4.21. The van der Waals surface area contributed by atoms with Gasteiger partial charge in [-0.3, -0.25) is 0 Å². The van der Waals surface area contributed by atoms with Crippen LogP contribution in [-0.4, -0.2) is 28.3 Å². The molecule has 0 bridgehead atoms. The fourth-order valence-corrected chi connectivity index (χ4v) is 2.47. The highest BCUT2D eigenvalue weighted by molar-refractivity contribution is 8.03. The van der Waals surface area contributed by atoms with Crippen molar-refractivity contribution in [3.63, 3.8) is 0 Å². The van der Waals surface area contributed by atoms with Crippen molar-refractivity contribution in [2.75, 3.05) is 23.0 Å². The second-order valence-electron chi connectivity index (χ2n) is 2.06. The lowest BCUT2D eigenvalue weighted by Crippen LogP contribution is -1.99. The molecule has 0 spiro atoms. The molecule has 10 heavy (non-hydrogen) atoms. The third-order valence-corrected chi connectivity index (χ3v) is 4.22. The molecule has 0 aliphatic rings. The summed E-state index contributed by atoms with van der Waals surface area (Å²) in [5.41, 5.74) is 0. The van der Waals surface area contributed by atoms with Crippen molar-refractivity contribution in [3.05, 3.63) is 0 Å². The van der Waals surface area contributed by atoms with Gasteiger partial charge in [-0.25, -0.2) is 0 Å². The molecule has 1 atom stereocenters. The summed E-state index contributed by atoms with van der Waals surface area (Å²) >= 11 is 8.25. The van der Waals surface area contributed by atoms with Gasteiger partial charge in [-0.1, -0.05) is 13.8 Å². The van der Waals surface area contributed by atoms with Gasteiger partial charge in [0.15, 0.2) is 0 Å². The maximum Gasteiger partial charge on any atom is 0.0107 e. The van der Waals surface area contributed by atoms with E-state index in [-0.39, 0.29) is 0 Å². The predicted molar refractivity (Wildman–Crippen MR) is 58.8 cm³/mol. The standard InChI is InChI=1S/C7H16S3/c1-3-9-4-5-10-7(2)6-8/h7-8H,3-6H2,1-2H3. The van der Waals surface area contributed by atoms with Crippen molar-refractivity contribution in [2.45, 2.75) is 19.1 Å². The minimum Gasteiger partial charge on any atom is -0.178 e. The normalized spacial score (nSPS) is 13.5. The van der Waals surface area contributed by atoms with Crippen molar-refractivity contribution in [3.8, 4) is 0 Å². The first kappa shape index (κ1) is 11.1. The molecule has 0 rings (SSSR count). The summed E-state index contributed by atoms with van der Waals surface area (Å²) < 4.78 is 0.